The molecule has 2 bridgehead atoms. The molecule has 0 aromatic carbocycles. The van der Waals surface area contributed by atoms with Crippen molar-refractivity contribution in [3.05, 3.63) is 12.7 Å². The first-order valence-corrected chi connectivity index (χ1v) is 10.1. The molecule has 3 aliphatic heterocycles. The van der Waals surface area contributed by atoms with Crippen molar-refractivity contribution in [2.45, 2.75) is 63.3 Å². The number of rotatable bonds is 9. The minimum absolute atomic E-state index is 0.254. The zero-order valence-electron chi connectivity index (χ0n) is 16.5. The zero-order valence-corrected chi connectivity index (χ0v) is 16.5. The SMILES string of the molecule is C=CCN(CCCC)C(=O)[C@@H]1N([C@H](C)CO)C(=O)[C@H]2[C@H](C(=O)O)[C@@H]3CC[C@]12O3. The highest BCUT2D eigenvalue weighted by Gasteiger charge is 2.75. The maximum absolute atomic E-state index is 13.6. The summed E-state index contributed by atoms with van der Waals surface area (Å²) in [4.78, 5) is 41.8. The Kier molecular flexibility index (Phi) is 5.82. The average molecular weight is 394 g/mol. The molecule has 0 unspecified atom stereocenters. The van der Waals surface area contributed by atoms with Gasteiger partial charge in [-0.25, -0.2) is 0 Å². The lowest BCUT2D eigenvalue weighted by Gasteiger charge is -2.38. The Balaban J connectivity index is 2.03. The molecule has 0 saturated carbocycles. The maximum atomic E-state index is 13.6. The molecule has 1 spiro atoms. The predicted octanol–water partition coefficient (Wildman–Crippen LogP) is 0.641. The fourth-order valence-corrected chi connectivity index (χ4v) is 5.18. The molecule has 6 atom stereocenters. The lowest BCUT2D eigenvalue weighted by atomic mass is 9.70. The number of nitrogens with zero attached hydrogens (tertiary/aromatic N) is 2. The van der Waals surface area contributed by atoms with E-state index in [0.29, 0.717) is 25.9 Å². The topological polar surface area (TPSA) is 107 Å². The smallest absolute Gasteiger partial charge is 0.310 e. The van der Waals surface area contributed by atoms with Crippen molar-refractivity contribution in [3.63, 3.8) is 0 Å². The minimum Gasteiger partial charge on any atom is -0.481 e. The third-order valence-corrected chi connectivity index (χ3v) is 6.44. The first-order valence-electron chi connectivity index (χ1n) is 10.1. The summed E-state index contributed by atoms with van der Waals surface area (Å²) < 4.78 is 6.12. The second kappa shape index (κ2) is 7.83. The summed E-state index contributed by atoms with van der Waals surface area (Å²) in [6.45, 7) is 7.99. The van der Waals surface area contributed by atoms with E-state index in [0.717, 1.165) is 12.8 Å². The molecule has 28 heavy (non-hydrogen) atoms. The van der Waals surface area contributed by atoms with E-state index in [2.05, 4.69) is 6.58 Å². The largest absolute Gasteiger partial charge is 0.481 e. The quantitative estimate of drug-likeness (QED) is 0.556. The van der Waals surface area contributed by atoms with Crippen LogP contribution < -0.4 is 0 Å². The number of unbranched alkanes of at least 4 members (excludes halogenated alkanes) is 1. The lowest BCUT2D eigenvalue weighted by Crippen LogP contribution is -2.58. The number of carbonyl (C=O) groups excluding carboxylic acids is 2. The van der Waals surface area contributed by atoms with Crippen LogP contribution >= 0.6 is 0 Å². The molecule has 0 aliphatic carbocycles. The van der Waals surface area contributed by atoms with Gasteiger partial charge in [-0.3, -0.25) is 14.4 Å². The second-order valence-electron chi connectivity index (χ2n) is 8.10. The molecule has 0 radical (unpaired) electrons. The number of hydrogen-bond acceptors (Lipinski definition) is 5. The first-order chi connectivity index (χ1) is 13.3. The molecule has 3 rings (SSSR count). The van der Waals surface area contributed by atoms with Crippen molar-refractivity contribution in [1.29, 1.82) is 0 Å². The average Bonchev–Trinajstić information content (AvgIpc) is 3.31. The number of fused-ring (bicyclic) bond motifs is 1. The van der Waals surface area contributed by atoms with Gasteiger partial charge in [0.15, 0.2) is 0 Å². The highest BCUT2D eigenvalue weighted by atomic mass is 16.5. The Morgan fingerprint density at radius 2 is 2.21 bits per heavy atom. The van der Waals surface area contributed by atoms with Gasteiger partial charge in [-0.1, -0.05) is 19.4 Å². The molecular formula is C20H30N2O6. The van der Waals surface area contributed by atoms with Crippen molar-refractivity contribution < 1.29 is 29.3 Å². The molecule has 0 aromatic heterocycles. The molecule has 8 nitrogen and oxygen atoms in total. The van der Waals surface area contributed by atoms with E-state index in [1.165, 1.54) is 4.90 Å². The van der Waals surface area contributed by atoms with Crippen LogP contribution in [0.4, 0.5) is 0 Å². The Hall–Kier alpha value is -1.93. The molecule has 2 amide bonds. The van der Waals surface area contributed by atoms with E-state index in [1.54, 1.807) is 17.9 Å². The lowest BCUT2D eigenvalue weighted by molar-refractivity contribution is -0.153. The van der Waals surface area contributed by atoms with Crippen molar-refractivity contribution >= 4 is 17.8 Å². The predicted molar refractivity (Wildman–Crippen MR) is 100 cm³/mol. The van der Waals surface area contributed by atoms with E-state index in [1.807, 2.05) is 6.92 Å². The van der Waals surface area contributed by atoms with Crippen LogP contribution in [0.1, 0.15) is 39.5 Å². The van der Waals surface area contributed by atoms with Gasteiger partial charge in [0.05, 0.1) is 30.6 Å². The van der Waals surface area contributed by atoms with Gasteiger partial charge in [0.25, 0.3) is 0 Å². The standard InChI is InChI=1S/C20H30N2O6/c1-4-6-10-21(9-5-2)18(25)16-20-8-7-13(28-20)14(19(26)27)15(20)17(24)22(16)12(3)11-23/h5,12-16,23H,2,4,6-11H2,1,3H3,(H,26,27)/t12-,13+,14-,15-,16+,20-/m1/s1. The number of aliphatic hydroxyl groups excluding tert-OH is 1. The molecule has 156 valence electrons. The fraction of sp³-hybridized carbons (Fsp3) is 0.750. The number of carboxylic acid groups (broad SMARTS) is 1. The number of ether oxygens (including phenoxy) is 1. The van der Waals surface area contributed by atoms with Gasteiger partial charge in [-0.2, -0.15) is 0 Å². The highest BCUT2D eigenvalue weighted by Crippen LogP contribution is 2.58. The molecule has 3 fully saturated rings. The zero-order chi connectivity index (χ0) is 20.6. The van der Waals surface area contributed by atoms with Crippen molar-refractivity contribution in [1.82, 2.24) is 9.80 Å². The van der Waals surface area contributed by atoms with E-state index in [9.17, 15) is 24.6 Å². The number of aliphatic carboxylic acids is 1. The molecule has 3 aliphatic rings. The summed E-state index contributed by atoms with van der Waals surface area (Å²) in [7, 11) is 0. The van der Waals surface area contributed by atoms with Crippen LogP contribution in [0.3, 0.4) is 0 Å². The van der Waals surface area contributed by atoms with Crippen molar-refractivity contribution in [3.8, 4) is 0 Å². The van der Waals surface area contributed by atoms with Crippen LogP contribution in [0, 0.1) is 11.8 Å². The first kappa shape index (κ1) is 20.8. The summed E-state index contributed by atoms with van der Waals surface area (Å²) in [5.41, 5.74) is -1.13. The summed E-state index contributed by atoms with van der Waals surface area (Å²) in [6.07, 6.45) is 3.81. The van der Waals surface area contributed by atoms with Crippen LogP contribution in [0.15, 0.2) is 12.7 Å². The maximum Gasteiger partial charge on any atom is 0.310 e. The molecular weight excluding hydrogens is 364 g/mol. The summed E-state index contributed by atoms with van der Waals surface area (Å²) in [5, 5.41) is 19.4. The van der Waals surface area contributed by atoms with Crippen LogP contribution in [-0.2, 0) is 19.1 Å². The number of carbonyl (C=O) groups is 3. The molecule has 3 saturated heterocycles. The Labute approximate surface area is 165 Å². The third-order valence-electron chi connectivity index (χ3n) is 6.44. The van der Waals surface area contributed by atoms with E-state index >= 15 is 0 Å². The monoisotopic (exact) mass is 394 g/mol. The second-order valence-corrected chi connectivity index (χ2v) is 8.10. The van der Waals surface area contributed by atoms with Gasteiger partial charge in [0, 0.05) is 13.1 Å². The summed E-state index contributed by atoms with van der Waals surface area (Å²) in [6, 6.07) is -1.52. The van der Waals surface area contributed by atoms with E-state index in [4.69, 9.17) is 4.74 Å². The normalized spacial score (nSPS) is 34.4. The fourth-order valence-electron chi connectivity index (χ4n) is 5.18. The number of aliphatic hydroxyl groups is 1. The van der Waals surface area contributed by atoms with Crippen LogP contribution in [0.2, 0.25) is 0 Å². The number of carboxylic acids is 1. The van der Waals surface area contributed by atoms with Gasteiger partial charge < -0.3 is 24.7 Å². The van der Waals surface area contributed by atoms with Crippen molar-refractivity contribution in [2.75, 3.05) is 19.7 Å². The number of amides is 2. The van der Waals surface area contributed by atoms with Gasteiger partial charge in [-0.05, 0) is 26.2 Å². The van der Waals surface area contributed by atoms with Gasteiger partial charge >= 0.3 is 5.97 Å². The van der Waals surface area contributed by atoms with Gasteiger partial charge in [-0.15, -0.1) is 6.58 Å². The van der Waals surface area contributed by atoms with Crippen LogP contribution in [0.25, 0.3) is 0 Å². The third kappa shape index (κ3) is 2.93. The molecule has 2 N–H and O–H groups in total. The van der Waals surface area contributed by atoms with Crippen LogP contribution in [-0.4, -0.2) is 81.3 Å². The molecule has 0 aromatic rings. The van der Waals surface area contributed by atoms with Gasteiger partial charge in [0.1, 0.15) is 11.6 Å². The number of likely N-dealkylation sites (tertiary alicyclic amines) is 1. The molecule has 8 heteroatoms. The van der Waals surface area contributed by atoms with Crippen molar-refractivity contribution in [2.24, 2.45) is 11.8 Å². The Morgan fingerprint density at radius 1 is 1.50 bits per heavy atom. The van der Waals surface area contributed by atoms with Gasteiger partial charge in [0.2, 0.25) is 11.8 Å². The highest BCUT2D eigenvalue weighted by molar-refractivity contribution is 5.98. The minimum atomic E-state index is -1.13. The molecule has 3 heterocycles. The van der Waals surface area contributed by atoms with E-state index in [-0.39, 0.29) is 12.5 Å². The van der Waals surface area contributed by atoms with E-state index < -0.39 is 47.5 Å². The Bertz CT molecular complexity index is 667. The number of hydrogen-bond donors (Lipinski definition) is 2. The Morgan fingerprint density at radius 3 is 2.79 bits per heavy atom. The summed E-state index contributed by atoms with van der Waals surface area (Å²) >= 11 is 0. The summed E-state index contributed by atoms with van der Waals surface area (Å²) in [5.74, 6) is -3.55. The van der Waals surface area contributed by atoms with Crippen LogP contribution in [0.5, 0.6) is 0 Å².